The van der Waals surface area contributed by atoms with Gasteiger partial charge in [-0.1, -0.05) is 6.07 Å². The second-order valence-electron chi connectivity index (χ2n) is 3.94. The first kappa shape index (κ1) is 10.6. The van der Waals surface area contributed by atoms with Crippen LogP contribution in [0.5, 0.6) is 0 Å². The van der Waals surface area contributed by atoms with Crippen LogP contribution in [0.4, 0.5) is 0 Å². The van der Waals surface area contributed by atoms with Crippen LogP contribution < -0.4 is 5.73 Å². The van der Waals surface area contributed by atoms with Gasteiger partial charge in [-0.05, 0) is 24.4 Å². The molecule has 2 N–H and O–H groups in total. The molecule has 5 heteroatoms. The molecular formula is C12H14N4S. The minimum Gasteiger partial charge on any atom is -0.331 e. The largest absolute Gasteiger partial charge is 0.331 e. The third-order valence-electron chi connectivity index (χ3n) is 2.77. The number of nitrogens with two attached hydrogens (primary N) is 1. The van der Waals surface area contributed by atoms with Crippen LogP contribution in [0.2, 0.25) is 0 Å². The Labute approximate surface area is 103 Å². The molecule has 0 saturated carbocycles. The minimum absolute atomic E-state index is 0.719. The number of imidazole rings is 1. The summed E-state index contributed by atoms with van der Waals surface area (Å²) in [6.45, 7) is 1.67. The number of fused-ring (bicyclic) bond motifs is 1. The van der Waals surface area contributed by atoms with Gasteiger partial charge >= 0.3 is 0 Å². The maximum atomic E-state index is 5.54. The molecule has 4 nitrogen and oxygen atoms in total. The van der Waals surface area contributed by atoms with Gasteiger partial charge in [-0.2, -0.15) is 5.10 Å². The Balaban J connectivity index is 1.99. The average molecular weight is 246 g/mol. The van der Waals surface area contributed by atoms with E-state index in [1.54, 1.807) is 11.3 Å². The molecule has 0 fully saturated rings. The van der Waals surface area contributed by atoms with Gasteiger partial charge in [0.1, 0.15) is 11.3 Å². The molecule has 0 saturated heterocycles. The second-order valence-corrected chi connectivity index (χ2v) is 4.89. The molecule has 0 aliphatic rings. The summed E-state index contributed by atoms with van der Waals surface area (Å²) in [7, 11) is 0. The molecule has 0 radical (unpaired) electrons. The third-order valence-corrected chi connectivity index (χ3v) is 3.67. The van der Waals surface area contributed by atoms with E-state index in [1.807, 2.05) is 16.8 Å². The van der Waals surface area contributed by atoms with Crippen LogP contribution in [-0.4, -0.2) is 20.7 Å². The van der Waals surface area contributed by atoms with E-state index in [4.69, 9.17) is 5.73 Å². The van der Waals surface area contributed by atoms with Crippen LogP contribution in [0.15, 0.2) is 36.0 Å². The third kappa shape index (κ3) is 1.87. The van der Waals surface area contributed by atoms with Gasteiger partial charge in [0, 0.05) is 25.0 Å². The number of rotatable bonds is 4. The number of aromatic nitrogens is 3. The minimum atomic E-state index is 0.719. The molecule has 0 aromatic carbocycles. The lowest BCUT2D eigenvalue weighted by Crippen LogP contribution is -2.04. The van der Waals surface area contributed by atoms with Gasteiger partial charge in [-0.15, -0.1) is 11.3 Å². The number of thiophene rings is 1. The monoisotopic (exact) mass is 246 g/mol. The summed E-state index contributed by atoms with van der Waals surface area (Å²) in [4.78, 5) is 1.21. The number of hydrogen-bond acceptors (Lipinski definition) is 3. The predicted molar refractivity (Wildman–Crippen MR) is 70.2 cm³/mol. The Morgan fingerprint density at radius 1 is 1.35 bits per heavy atom. The standard InChI is InChI=1S/C12H14N4S/c13-4-2-5-15-6-7-16-12(15)9-10(14-16)11-3-1-8-17-11/h1,3,6-9H,2,4-5,13H2. The van der Waals surface area contributed by atoms with E-state index in [9.17, 15) is 0 Å². The van der Waals surface area contributed by atoms with Crippen molar-refractivity contribution in [2.24, 2.45) is 5.73 Å². The molecule has 3 aromatic heterocycles. The SMILES string of the molecule is NCCCn1ccn2nc(-c3cccs3)cc12. The van der Waals surface area contributed by atoms with Crippen molar-refractivity contribution in [1.29, 1.82) is 0 Å². The van der Waals surface area contributed by atoms with Crippen LogP contribution in [0.25, 0.3) is 16.2 Å². The van der Waals surface area contributed by atoms with Gasteiger partial charge in [0.2, 0.25) is 0 Å². The Morgan fingerprint density at radius 3 is 3.06 bits per heavy atom. The average Bonchev–Trinajstić information content (AvgIpc) is 3.02. The normalized spacial score (nSPS) is 11.4. The van der Waals surface area contributed by atoms with Crippen LogP contribution in [0, 0.1) is 0 Å². The fourth-order valence-electron chi connectivity index (χ4n) is 1.92. The number of hydrogen-bond donors (Lipinski definition) is 1. The highest BCUT2D eigenvalue weighted by Gasteiger charge is 2.08. The van der Waals surface area contributed by atoms with Crippen molar-refractivity contribution in [2.75, 3.05) is 6.54 Å². The van der Waals surface area contributed by atoms with Crippen LogP contribution >= 0.6 is 11.3 Å². The quantitative estimate of drug-likeness (QED) is 0.767. The topological polar surface area (TPSA) is 48.2 Å². The lowest BCUT2D eigenvalue weighted by molar-refractivity contribution is 0.667. The molecule has 17 heavy (non-hydrogen) atoms. The molecule has 0 aliphatic carbocycles. The lowest BCUT2D eigenvalue weighted by atomic mass is 10.3. The smallest absolute Gasteiger partial charge is 0.136 e. The zero-order valence-electron chi connectivity index (χ0n) is 9.41. The molecule has 88 valence electrons. The first-order valence-electron chi connectivity index (χ1n) is 5.67. The summed E-state index contributed by atoms with van der Waals surface area (Å²) in [6.07, 6.45) is 5.03. The summed E-state index contributed by atoms with van der Waals surface area (Å²) in [5, 5.41) is 6.63. The maximum Gasteiger partial charge on any atom is 0.136 e. The predicted octanol–water partition coefficient (Wildman–Crippen LogP) is 2.21. The first-order chi connectivity index (χ1) is 8.38. The van der Waals surface area contributed by atoms with Crippen molar-refractivity contribution in [2.45, 2.75) is 13.0 Å². The summed E-state index contributed by atoms with van der Waals surface area (Å²) in [5.74, 6) is 0. The van der Waals surface area contributed by atoms with Gasteiger partial charge in [0.05, 0.1) is 4.88 Å². The Hall–Kier alpha value is -1.59. The molecule has 0 atom stereocenters. The molecule has 0 bridgehead atoms. The molecule has 3 heterocycles. The van der Waals surface area contributed by atoms with E-state index in [0.717, 1.165) is 30.9 Å². The van der Waals surface area contributed by atoms with E-state index >= 15 is 0 Å². The van der Waals surface area contributed by atoms with Crippen molar-refractivity contribution in [3.05, 3.63) is 36.0 Å². The van der Waals surface area contributed by atoms with E-state index in [0.29, 0.717) is 0 Å². The van der Waals surface area contributed by atoms with E-state index in [1.165, 1.54) is 4.88 Å². The van der Waals surface area contributed by atoms with Crippen molar-refractivity contribution < 1.29 is 0 Å². The highest BCUT2D eigenvalue weighted by Crippen LogP contribution is 2.24. The van der Waals surface area contributed by atoms with Crippen LogP contribution in [0.3, 0.4) is 0 Å². The van der Waals surface area contributed by atoms with Gasteiger partial charge in [0.25, 0.3) is 0 Å². The first-order valence-corrected chi connectivity index (χ1v) is 6.55. The van der Waals surface area contributed by atoms with Crippen molar-refractivity contribution in [3.8, 4) is 10.6 Å². The van der Waals surface area contributed by atoms with Crippen molar-refractivity contribution >= 4 is 17.0 Å². The van der Waals surface area contributed by atoms with Crippen LogP contribution in [0.1, 0.15) is 6.42 Å². The fraction of sp³-hybridized carbons (Fsp3) is 0.250. The van der Waals surface area contributed by atoms with Gasteiger partial charge in [-0.25, -0.2) is 4.52 Å². The number of nitrogens with zero attached hydrogens (tertiary/aromatic N) is 3. The lowest BCUT2D eigenvalue weighted by Gasteiger charge is -2.00. The van der Waals surface area contributed by atoms with E-state index < -0.39 is 0 Å². The summed E-state index contributed by atoms with van der Waals surface area (Å²) >= 11 is 1.71. The Kier molecular flexibility index (Phi) is 2.70. The zero-order chi connectivity index (χ0) is 11.7. The molecule has 3 aromatic rings. The van der Waals surface area contributed by atoms with Crippen LogP contribution in [-0.2, 0) is 6.54 Å². The molecule has 3 rings (SSSR count). The molecule has 0 amide bonds. The highest BCUT2D eigenvalue weighted by molar-refractivity contribution is 7.13. The number of aryl methyl sites for hydroxylation is 1. The Morgan fingerprint density at radius 2 is 2.29 bits per heavy atom. The van der Waals surface area contributed by atoms with Crippen molar-refractivity contribution in [3.63, 3.8) is 0 Å². The summed E-state index contributed by atoms with van der Waals surface area (Å²) < 4.78 is 4.11. The molecule has 0 unspecified atom stereocenters. The summed E-state index contributed by atoms with van der Waals surface area (Å²) in [5.41, 5.74) is 7.70. The second kappa shape index (κ2) is 4.35. The van der Waals surface area contributed by atoms with E-state index in [2.05, 4.69) is 33.4 Å². The molecule has 0 aliphatic heterocycles. The molecular weight excluding hydrogens is 232 g/mol. The summed E-state index contributed by atoms with van der Waals surface area (Å²) in [6, 6.07) is 6.27. The fourth-order valence-corrected chi connectivity index (χ4v) is 2.61. The maximum absolute atomic E-state index is 5.54. The van der Waals surface area contributed by atoms with Gasteiger partial charge < -0.3 is 10.3 Å². The van der Waals surface area contributed by atoms with E-state index in [-0.39, 0.29) is 0 Å². The van der Waals surface area contributed by atoms with Gasteiger partial charge in [-0.3, -0.25) is 0 Å². The van der Waals surface area contributed by atoms with Gasteiger partial charge in [0.15, 0.2) is 0 Å². The zero-order valence-corrected chi connectivity index (χ0v) is 10.2. The highest BCUT2D eigenvalue weighted by atomic mass is 32.1. The molecule has 0 spiro atoms. The van der Waals surface area contributed by atoms with Crippen molar-refractivity contribution in [1.82, 2.24) is 14.2 Å². The Bertz CT molecular complexity index is 606.